The molecule has 2 aromatic heterocycles. The van der Waals surface area contributed by atoms with Crippen molar-refractivity contribution in [3.05, 3.63) is 59.0 Å². The predicted molar refractivity (Wildman–Crippen MR) is 114 cm³/mol. The van der Waals surface area contributed by atoms with Gasteiger partial charge in [0.2, 0.25) is 11.8 Å². The van der Waals surface area contributed by atoms with E-state index in [1.165, 1.54) is 17.6 Å². The number of benzene rings is 1. The number of carbonyl (C=O) groups is 3. The van der Waals surface area contributed by atoms with Gasteiger partial charge in [0.15, 0.2) is 5.13 Å². The van der Waals surface area contributed by atoms with Crippen molar-refractivity contribution in [2.75, 3.05) is 22.1 Å². The summed E-state index contributed by atoms with van der Waals surface area (Å²) in [6, 6.07) is 8.80. The molecule has 1 aliphatic heterocycles. The van der Waals surface area contributed by atoms with Crippen molar-refractivity contribution in [3.8, 4) is 0 Å². The zero-order chi connectivity index (χ0) is 21.1. The highest BCUT2D eigenvalue weighted by Gasteiger charge is 2.21. The van der Waals surface area contributed by atoms with Crippen LogP contribution in [0.25, 0.3) is 0 Å². The third-order valence-electron chi connectivity index (χ3n) is 4.75. The first-order chi connectivity index (χ1) is 14.5. The van der Waals surface area contributed by atoms with Gasteiger partial charge in [0, 0.05) is 29.7 Å². The molecule has 0 bridgehead atoms. The van der Waals surface area contributed by atoms with Gasteiger partial charge in [-0.15, -0.1) is 11.3 Å². The second-order valence-corrected chi connectivity index (χ2v) is 7.77. The topological polar surface area (TPSA) is 105 Å². The minimum atomic E-state index is -0.303. The van der Waals surface area contributed by atoms with Crippen LogP contribution < -0.4 is 15.5 Å². The first kappa shape index (κ1) is 19.8. The average molecular weight is 424 g/mol. The molecule has 0 atom stereocenters. The molecular weight excluding hydrogens is 404 g/mol. The Labute approximate surface area is 176 Å². The van der Waals surface area contributed by atoms with Crippen LogP contribution in [0.15, 0.2) is 46.4 Å². The minimum absolute atomic E-state index is 0.0868. The van der Waals surface area contributed by atoms with E-state index in [1.807, 2.05) is 12.1 Å². The Hall–Kier alpha value is -3.46. The first-order valence-corrected chi connectivity index (χ1v) is 10.4. The van der Waals surface area contributed by atoms with E-state index in [9.17, 15) is 14.4 Å². The van der Waals surface area contributed by atoms with Gasteiger partial charge in [0.1, 0.15) is 5.76 Å². The molecule has 9 heteroatoms. The molecule has 154 valence electrons. The van der Waals surface area contributed by atoms with Crippen molar-refractivity contribution in [3.63, 3.8) is 0 Å². The number of rotatable bonds is 6. The lowest BCUT2D eigenvalue weighted by Crippen LogP contribution is -2.23. The summed E-state index contributed by atoms with van der Waals surface area (Å²) in [5.74, 6) is 0.141. The molecule has 0 spiro atoms. The molecule has 3 aromatic rings. The molecule has 1 fully saturated rings. The lowest BCUT2D eigenvalue weighted by molar-refractivity contribution is -0.117. The highest BCUT2D eigenvalue weighted by Crippen LogP contribution is 2.23. The summed E-state index contributed by atoms with van der Waals surface area (Å²) in [5.41, 5.74) is 2.50. The van der Waals surface area contributed by atoms with E-state index in [-0.39, 0.29) is 24.1 Å². The number of hydrogen-bond acceptors (Lipinski definition) is 6. The van der Waals surface area contributed by atoms with Crippen molar-refractivity contribution in [1.82, 2.24) is 4.98 Å². The third-order valence-corrected chi connectivity index (χ3v) is 5.56. The molecule has 0 aliphatic carbocycles. The Balaban J connectivity index is 1.32. The van der Waals surface area contributed by atoms with E-state index in [2.05, 4.69) is 15.6 Å². The van der Waals surface area contributed by atoms with Crippen LogP contribution in [-0.2, 0) is 16.0 Å². The van der Waals surface area contributed by atoms with E-state index in [0.29, 0.717) is 34.3 Å². The van der Waals surface area contributed by atoms with Crippen LogP contribution in [0.5, 0.6) is 0 Å². The zero-order valence-corrected chi connectivity index (χ0v) is 17.1. The van der Waals surface area contributed by atoms with Gasteiger partial charge in [-0.1, -0.05) is 0 Å². The molecule has 3 heterocycles. The van der Waals surface area contributed by atoms with Crippen LogP contribution in [0.1, 0.15) is 34.7 Å². The van der Waals surface area contributed by atoms with E-state index in [4.69, 9.17) is 4.42 Å². The van der Waals surface area contributed by atoms with Crippen molar-refractivity contribution >= 4 is 45.6 Å². The monoisotopic (exact) mass is 424 g/mol. The lowest BCUT2D eigenvalue weighted by Gasteiger charge is -2.16. The van der Waals surface area contributed by atoms with Gasteiger partial charge < -0.3 is 14.6 Å². The summed E-state index contributed by atoms with van der Waals surface area (Å²) in [6.07, 6.45) is 2.99. The third kappa shape index (κ3) is 4.41. The molecule has 1 aliphatic rings. The molecule has 0 saturated carbocycles. The predicted octanol–water partition coefficient (Wildman–Crippen LogP) is 3.60. The number of hydrogen-bond donors (Lipinski definition) is 2. The van der Waals surface area contributed by atoms with Crippen LogP contribution in [0.4, 0.5) is 16.5 Å². The fraction of sp³-hybridized carbons (Fsp3) is 0.238. The number of aryl methyl sites for hydroxylation is 1. The van der Waals surface area contributed by atoms with Gasteiger partial charge in [0.05, 0.1) is 23.9 Å². The molecule has 2 N–H and O–H groups in total. The van der Waals surface area contributed by atoms with Gasteiger partial charge >= 0.3 is 0 Å². The van der Waals surface area contributed by atoms with Crippen LogP contribution >= 0.6 is 11.3 Å². The van der Waals surface area contributed by atoms with Crippen LogP contribution in [0, 0.1) is 6.92 Å². The minimum Gasteiger partial charge on any atom is -0.469 e. The second-order valence-electron chi connectivity index (χ2n) is 6.91. The Bertz CT molecular complexity index is 1090. The number of carbonyl (C=O) groups excluding carboxylic acids is 3. The molecule has 1 aromatic carbocycles. The second kappa shape index (κ2) is 8.50. The number of aromatic nitrogens is 1. The zero-order valence-electron chi connectivity index (χ0n) is 16.3. The maximum atomic E-state index is 12.3. The standard InChI is InChI=1S/C21H20N4O4S/c1-13-17(8-10-29-13)20(28)24-21-23-15(12-30-21)11-18(26)22-14-4-6-16(7-5-14)25-9-2-3-19(25)27/h4-8,10,12H,2-3,9,11H2,1H3,(H,22,26)(H,23,24,28). The number of amides is 3. The highest BCUT2D eigenvalue weighted by molar-refractivity contribution is 7.14. The highest BCUT2D eigenvalue weighted by atomic mass is 32.1. The normalized spacial score (nSPS) is 13.5. The Kier molecular flexibility index (Phi) is 5.62. The molecule has 0 unspecified atom stereocenters. The van der Waals surface area contributed by atoms with Crippen molar-refractivity contribution in [1.29, 1.82) is 0 Å². The number of nitrogens with zero attached hydrogens (tertiary/aromatic N) is 2. The van der Waals surface area contributed by atoms with Crippen LogP contribution in [0.3, 0.4) is 0 Å². The molecule has 8 nitrogen and oxygen atoms in total. The van der Waals surface area contributed by atoms with E-state index >= 15 is 0 Å². The lowest BCUT2D eigenvalue weighted by atomic mass is 10.2. The molecule has 0 radical (unpaired) electrons. The summed E-state index contributed by atoms with van der Waals surface area (Å²) in [7, 11) is 0. The quantitative estimate of drug-likeness (QED) is 0.629. The SMILES string of the molecule is Cc1occc1C(=O)Nc1nc(CC(=O)Nc2ccc(N3CCCC3=O)cc2)cs1. The maximum absolute atomic E-state index is 12.3. The fourth-order valence-corrected chi connectivity index (χ4v) is 3.95. The summed E-state index contributed by atoms with van der Waals surface area (Å²) in [5, 5.41) is 7.69. The van der Waals surface area contributed by atoms with E-state index < -0.39 is 0 Å². The molecular formula is C21H20N4O4S. The number of nitrogens with one attached hydrogen (secondary N) is 2. The Morgan fingerprint density at radius 3 is 2.67 bits per heavy atom. The summed E-state index contributed by atoms with van der Waals surface area (Å²) < 4.78 is 5.13. The van der Waals surface area contributed by atoms with Gasteiger partial charge in [-0.05, 0) is 43.7 Å². The average Bonchev–Trinajstić information content (AvgIpc) is 3.44. The summed E-state index contributed by atoms with van der Waals surface area (Å²) in [6.45, 7) is 2.44. The Morgan fingerprint density at radius 1 is 1.20 bits per heavy atom. The molecule has 1 saturated heterocycles. The van der Waals surface area contributed by atoms with Gasteiger partial charge in [-0.25, -0.2) is 4.98 Å². The van der Waals surface area contributed by atoms with E-state index in [1.54, 1.807) is 35.4 Å². The number of anilines is 3. The van der Waals surface area contributed by atoms with Crippen molar-refractivity contribution in [2.45, 2.75) is 26.2 Å². The number of furan rings is 1. The van der Waals surface area contributed by atoms with Gasteiger partial charge in [-0.3, -0.25) is 19.7 Å². The van der Waals surface area contributed by atoms with Gasteiger partial charge in [0.25, 0.3) is 5.91 Å². The van der Waals surface area contributed by atoms with Gasteiger partial charge in [-0.2, -0.15) is 0 Å². The van der Waals surface area contributed by atoms with Crippen LogP contribution in [-0.4, -0.2) is 29.3 Å². The molecule has 4 rings (SSSR count). The Morgan fingerprint density at radius 2 is 2.00 bits per heavy atom. The summed E-state index contributed by atoms with van der Waals surface area (Å²) >= 11 is 1.25. The smallest absolute Gasteiger partial charge is 0.260 e. The molecule has 3 amide bonds. The number of thiazole rings is 1. The summed E-state index contributed by atoms with van der Waals surface area (Å²) in [4.78, 5) is 42.4. The molecule has 30 heavy (non-hydrogen) atoms. The van der Waals surface area contributed by atoms with E-state index in [0.717, 1.165) is 18.7 Å². The maximum Gasteiger partial charge on any atom is 0.260 e. The van der Waals surface area contributed by atoms with Crippen LogP contribution in [0.2, 0.25) is 0 Å². The largest absolute Gasteiger partial charge is 0.469 e. The van der Waals surface area contributed by atoms with Crippen molar-refractivity contribution in [2.24, 2.45) is 0 Å². The fourth-order valence-electron chi connectivity index (χ4n) is 3.25. The first-order valence-electron chi connectivity index (χ1n) is 9.50. The van der Waals surface area contributed by atoms with Crippen molar-refractivity contribution < 1.29 is 18.8 Å².